The summed E-state index contributed by atoms with van der Waals surface area (Å²) < 4.78 is 5.78. The molecule has 37 heavy (non-hydrogen) atoms. The van der Waals surface area contributed by atoms with E-state index in [0.717, 1.165) is 28.6 Å². The Balaban J connectivity index is 0.000000301. The van der Waals surface area contributed by atoms with Crippen molar-refractivity contribution in [2.45, 2.75) is 38.6 Å². The summed E-state index contributed by atoms with van der Waals surface area (Å²) in [5.74, 6) is -0.690. The molecule has 1 aromatic heterocycles. The average molecular weight is 521 g/mol. The number of nitrogens with one attached hydrogen (secondary N) is 1. The number of phenols is 1. The zero-order chi connectivity index (χ0) is 26.4. The Morgan fingerprint density at radius 3 is 2.24 bits per heavy atom. The number of fused-ring (bicyclic) bond motifs is 1. The van der Waals surface area contributed by atoms with Crippen LogP contribution in [0.1, 0.15) is 59.9 Å². The number of imide groups is 1. The molecule has 5 rings (SSSR count). The number of nitrogens with zero attached hydrogens (tertiary/aromatic N) is 1. The minimum Gasteiger partial charge on any atom is -0.508 e. The summed E-state index contributed by atoms with van der Waals surface area (Å²) in [7, 11) is 0. The first-order valence-electron chi connectivity index (χ1n) is 11.5. The van der Waals surface area contributed by atoms with E-state index in [0.29, 0.717) is 42.9 Å². The predicted molar refractivity (Wildman–Crippen MR) is 134 cm³/mol. The Hall–Kier alpha value is -4.15. The van der Waals surface area contributed by atoms with Gasteiger partial charge in [-0.3, -0.25) is 29.3 Å². The van der Waals surface area contributed by atoms with Crippen molar-refractivity contribution in [1.29, 1.82) is 0 Å². The lowest BCUT2D eigenvalue weighted by molar-refractivity contribution is -0.136. The van der Waals surface area contributed by atoms with Crippen molar-refractivity contribution in [2.75, 3.05) is 0 Å². The van der Waals surface area contributed by atoms with Crippen LogP contribution in [0.15, 0.2) is 53.9 Å². The lowest BCUT2D eigenvalue weighted by atomic mass is 10.0. The highest BCUT2D eigenvalue weighted by molar-refractivity contribution is 7.10. The molecule has 3 heterocycles. The van der Waals surface area contributed by atoms with Crippen LogP contribution in [0.25, 0.3) is 0 Å². The summed E-state index contributed by atoms with van der Waals surface area (Å²) in [6.07, 6.45) is 2.13. The molecular weight excluding hydrogens is 496 g/mol. The normalized spacial score (nSPS) is 16.5. The SMILES string of the molecule is O=Cc1ccc(COCc2scc3c2CN([C@H]2CCC(=O)NC2=O)C3=O)cc1.O=Cc1ccc(O)cc1. The Morgan fingerprint density at radius 1 is 0.973 bits per heavy atom. The molecule has 1 fully saturated rings. The van der Waals surface area contributed by atoms with Gasteiger partial charge in [0.2, 0.25) is 11.8 Å². The van der Waals surface area contributed by atoms with E-state index < -0.39 is 11.9 Å². The number of aromatic hydroxyl groups is 1. The van der Waals surface area contributed by atoms with E-state index in [1.807, 2.05) is 12.1 Å². The third-order valence-electron chi connectivity index (χ3n) is 6.03. The van der Waals surface area contributed by atoms with Gasteiger partial charge in [0.25, 0.3) is 5.91 Å². The second kappa shape index (κ2) is 11.7. The van der Waals surface area contributed by atoms with Crippen LogP contribution in [-0.2, 0) is 34.1 Å². The number of hydrogen-bond acceptors (Lipinski definition) is 8. The topological polar surface area (TPSA) is 130 Å². The van der Waals surface area contributed by atoms with Gasteiger partial charge in [-0.25, -0.2) is 0 Å². The molecule has 0 bridgehead atoms. The second-order valence-electron chi connectivity index (χ2n) is 8.51. The number of hydrogen-bond donors (Lipinski definition) is 2. The Bertz CT molecular complexity index is 1320. The number of carbonyl (C=O) groups excluding carboxylic acids is 5. The maximum Gasteiger partial charge on any atom is 0.256 e. The summed E-state index contributed by atoms with van der Waals surface area (Å²) in [5.41, 5.74) is 3.67. The van der Waals surface area contributed by atoms with E-state index >= 15 is 0 Å². The molecule has 2 N–H and O–H groups in total. The van der Waals surface area contributed by atoms with E-state index in [1.165, 1.54) is 23.5 Å². The number of aldehydes is 2. The van der Waals surface area contributed by atoms with Crippen molar-refractivity contribution < 1.29 is 33.8 Å². The van der Waals surface area contributed by atoms with Crippen LogP contribution in [0.4, 0.5) is 0 Å². The van der Waals surface area contributed by atoms with Crippen LogP contribution < -0.4 is 5.32 Å². The maximum atomic E-state index is 12.7. The number of amides is 3. The van der Waals surface area contributed by atoms with E-state index in [1.54, 1.807) is 34.5 Å². The van der Waals surface area contributed by atoms with Gasteiger partial charge in [0.1, 0.15) is 24.4 Å². The van der Waals surface area contributed by atoms with Crippen molar-refractivity contribution >= 4 is 41.6 Å². The summed E-state index contributed by atoms with van der Waals surface area (Å²) in [6.45, 7) is 1.12. The fraction of sp³-hybridized carbons (Fsp3) is 0.222. The largest absolute Gasteiger partial charge is 0.508 e. The van der Waals surface area contributed by atoms with Gasteiger partial charge in [-0.2, -0.15) is 0 Å². The van der Waals surface area contributed by atoms with Gasteiger partial charge >= 0.3 is 0 Å². The van der Waals surface area contributed by atoms with Gasteiger partial charge in [-0.15, -0.1) is 11.3 Å². The lowest BCUT2D eigenvalue weighted by Gasteiger charge is -2.29. The molecule has 2 aliphatic rings. The van der Waals surface area contributed by atoms with Crippen molar-refractivity contribution in [3.05, 3.63) is 86.6 Å². The number of rotatable bonds is 7. The first kappa shape index (κ1) is 25.9. The number of thiophene rings is 1. The van der Waals surface area contributed by atoms with E-state index in [4.69, 9.17) is 9.84 Å². The van der Waals surface area contributed by atoms with Crippen LogP contribution in [0, 0.1) is 0 Å². The van der Waals surface area contributed by atoms with E-state index in [9.17, 15) is 24.0 Å². The minimum atomic E-state index is -0.604. The molecule has 0 radical (unpaired) electrons. The molecule has 0 spiro atoms. The molecule has 190 valence electrons. The number of ether oxygens (including phenoxy) is 1. The van der Waals surface area contributed by atoms with Gasteiger partial charge < -0.3 is 14.7 Å². The minimum absolute atomic E-state index is 0.170. The lowest BCUT2D eigenvalue weighted by Crippen LogP contribution is -2.52. The van der Waals surface area contributed by atoms with Gasteiger partial charge in [0.15, 0.2) is 0 Å². The van der Waals surface area contributed by atoms with Crippen molar-refractivity contribution in [3.8, 4) is 5.75 Å². The molecular formula is C27H24N2O7S. The van der Waals surface area contributed by atoms with E-state index in [2.05, 4.69) is 5.32 Å². The first-order valence-corrected chi connectivity index (χ1v) is 12.4. The van der Waals surface area contributed by atoms with Gasteiger partial charge in [0, 0.05) is 39.9 Å². The zero-order valence-corrected chi connectivity index (χ0v) is 20.5. The number of piperidine rings is 1. The van der Waals surface area contributed by atoms with Gasteiger partial charge in [-0.1, -0.05) is 24.3 Å². The monoisotopic (exact) mass is 520 g/mol. The molecule has 2 aliphatic heterocycles. The number of phenolic OH excluding ortho intramolecular Hbond substituents is 1. The van der Waals surface area contributed by atoms with Crippen LogP contribution in [0.2, 0.25) is 0 Å². The van der Waals surface area contributed by atoms with Crippen molar-refractivity contribution in [3.63, 3.8) is 0 Å². The Labute approximate surface area is 216 Å². The van der Waals surface area contributed by atoms with E-state index in [-0.39, 0.29) is 24.0 Å². The number of carbonyl (C=O) groups is 5. The molecule has 9 nitrogen and oxygen atoms in total. The highest BCUT2D eigenvalue weighted by Gasteiger charge is 2.40. The van der Waals surface area contributed by atoms with Gasteiger partial charge in [0.05, 0.1) is 18.8 Å². The fourth-order valence-corrected chi connectivity index (χ4v) is 5.00. The summed E-state index contributed by atoms with van der Waals surface area (Å²) in [6, 6.07) is 12.6. The zero-order valence-electron chi connectivity index (χ0n) is 19.7. The molecule has 10 heteroatoms. The third-order valence-corrected chi connectivity index (χ3v) is 7.04. The molecule has 1 atom stereocenters. The quantitative estimate of drug-likeness (QED) is 0.361. The van der Waals surface area contributed by atoms with Gasteiger partial charge in [-0.05, 0) is 36.2 Å². The van der Waals surface area contributed by atoms with Crippen molar-refractivity contribution in [2.24, 2.45) is 0 Å². The maximum absolute atomic E-state index is 12.7. The highest BCUT2D eigenvalue weighted by atomic mass is 32.1. The summed E-state index contributed by atoms with van der Waals surface area (Å²) >= 11 is 1.47. The third kappa shape index (κ3) is 6.16. The summed E-state index contributed by atoms with van der Waals surface area (Å²) in [4.78, 5) is 59.4. The van der Waals surface area contributed by atoms with Crippen LogP contribution >= 0.6 is 11.3 Å². The highest BCUT2D eigenvalue weighted by Crippen LogP contribution is 2.34. The Morgan fingerprint density at radius 2 is 1.62 bits per heavy atom. The van der Waals surface area contributed by atoms with Crippen LogP contribution in [-0.4, -0.2) is 46.3 Å². The van der Waals surface area contributed by atoms with Crippen LogP contribution in [0.3, 0.4) is 0 Å². The summed E-state index contributed by atoms with van der Waals surface area (Å²) in [5, 5.41) is 12.8. The fourth-order valence-electron chi connectivity index (χ4n) is 4.03. The first-order chi connectivity index (χ1) is 17.9. The molecule has 0 unspecified atom stereocenters. The molecule has 0 saturated carbocycles. The Kier molecular flexibility index (Phi) is 8.22. The van der Waals surface area contributed by atoms with Crippen molar-refractivity contribution in [1.82, 2.24) is 10.2 Å². The molecule has 3 amide bonds. The predicted octanol–water partition coefficient (Wildman–Crippen LogP) is 3.24. The molecule has 2 aromatic carbocycles. The van der Waals surface area contributed by atoms with Crippen LogP contribution in [0.5, 0.6) is 5.75 Å². The second-order valence-corrected chi connectivity index (χ2v) is 9.48. The molecule has 1 saturated heterocycles. The number of benzene rings is 2. The molecule has 3 aromatic rings. The average Bonchev–Trinajstić information content (AvgIpc) is 3.45. The molecule has 0 aliphatic carbocycles. The smallest absolute Gasteiger partial charge is 0.256 e. The standard InChI is InChI=1S/C20H18N2O5S.C7H6O2/c23-8-12-1-3-13(4-2-12)9-27-10-17-14-7-22(20(26)15(14)11-28-17)16-5-6-18(24)21-19(16)25;8-5-6-1-3-7(9)4-2-6/h1-4,8,11,16H,5-7,9-10H2,(H,21,24,25);1-5,9H/t16-;/m0./s1.